The van der Waals surface area contributed by atoms with E-state index in [2.05, 4.69) is 33.9 Å². The molecule has 0 radical (unpaired) electrons. The van der Waals surface area contributed by atoms with Crippen molar-refractivity contribution >= 4 is 0 Å². The SMILES string of the molecule is CNCc1cncn1C(C)c1ccc(OC)cc1. The van der Waals surface area contributed by atoms with Crippen LogP contribution in [-0.4, -0.2) is 23.7 Å². The van der Waals surface area contributed by atoms with Crippen LogP contribution in [0, 0.1) is 0 Å². The average molecular weight is 245 g/mol. The maximum atomic E-state index is 5.17. The Morgan fingerprint density at radius 1 is 1.33 bits per heavy atom. The molecule has 2 aromatic rings. The minimum Gasteiger partial charge on any atom is -0.497 e. The molecule has 0 aliphatic heterocycles. The van der Waals surface area contributed by atoms with Crippen LogP contribution >= 0.6 is 0 Å². The average Bonchev–Trinajstić information content (AvgIpc) is 2.87. The number of methoxy groups -OCH3 is 1. The molecule has 1 aromatic carbocycles. The van der Waals surface area contributed by atoms with Crippen molar-refractivity contribution in [2.24, 2.45) is 0 Å². The summed E-state index contributed by atoms with van der Waals surface area (Å²) >= 11 is 0. The van der Waals surface area contributed by atoms with Gasteiger partial charge in [0.25, 0.3) is 0 Å². The van der Waals surface area contributed by atoms with Crippen LogP contribution < -0.4 is 10.1 Å². The fourth-order valence-corrected chi connectivity index (χ4v) is 2.04. The van der Waals surface area contributed by atoms with Gasteiger partial charge in [0.2, 0.25) is 0 Å². The lowest BCUT2D eigenvalue weighted by Crippen LogP contribution is -2.14. The van der Waals surface area contributed by atoms with Gasteiger partial charge in [-0.3, -0.25) is 0 Å². The van der Waals surface area contributed by atoms with Gasteiger partial charge in [0, 0.05) is 12.7 Å². The van der Waals surface area contributed by atoms with E-state index in [9.17, 15) is 0 Å². The number of hydrogen-bond acceptors (Lipinski definition) is 3. The topological polar surface area (TPSA) is 39.1 Å². The predicted molar refractivity (Wildman–Crippen MR) is 71.8 cm³/mol. The number of benzene rings is 1. The highest BCUT2D eigenvalue weighted by atomic mass is 16.5. The molecule has 0 amide bonds. The third-order valence-electron chi connectivity index (χ3n) is 3.12. The first-order valence-electron chi connectivity index (χ1n) is 6.05. The quantitative estimate of drug-likeness (QED) is 0.878. The maximum Gasteiger partial charge on any atom is 0.118 e. The zero-order valence-electron chi connectivity index (χ0n) is 11.1. The minimum absolute atomic E-state index is 0.266. The van der Waals surface area contributed by atoms with Crippen molar-refractivity contribution in [1.29, 1.82) is 0 Å². The van der Waals surface area contributed by atoms with Crippen LogP contribution in [0.2, 0.25) is 0 Å². The number of nitrogens with one attached hydrogen (secondary N) is 1. The van der Waals surface area contributed by atoms with Gasteiger partial charge in [0.05, 0.1) is 25.2 Å². The van der Waals surface area contributed by atoms with Gasteiger partial charge in [0.15, 0.2) is 0 Å². The normalized spacial score (nSPS) is 12.4. The molecule has 0 aliphatic carbocycles. The van der Waals surface area contributed by atoms with Crippen LogP contribution in [0.15, 0.2) is 36.8 Å². The number of ether oxygens (including phenoxy) is 1. The highest BCUT2D eigenvalue weighted by molar-refractivity contribution is 5.29. The van der Waals surface area contributed by atoms with E-state index >= 15 is 0 Å². The first kappa shape index (κ1) is 12.6. The summed E-state index contributed by atoms with van der Waals surface area (Å²) in [4.78, 5) is 4.22. The maximum absolute atomic E-state index is 5.17. The van der Waals surface area contributed by atoms with E-state index in [1.807, 2.05) is 31.7 Å². The predicted octanol–water partition coefficient (Wildman–Crippen LogP) is 2.22. The Kier molecular flexibility index (Phi) is 3.99. The summed E-state index contributed by atoms with van der Waals surface area (Å²) in [6.07, 6.45) is 3.78. The van der Waals surface area contributed by atoms with Crippen LogP contribution in [0.3, 0.4) is 0 Å². The lowest BCUT2D eigenvalue weighted by atomic mass is 10.1. The van der Waals surface area contributed by atoms with Gasteiger partial charge >= 0.3 is 0 Å². The Hall–Kier alpha value is -1.81. The Labute approximate surface area is 108 Å². The molecule has 0 spiro atoms. The Morgan fingerprint density at radius 2 is 2.06 bits per heavy atom. The lowest BCUT2D eigenvalue weighted by molar-refractivity contribution is 0.414. The molecule has 18 heavy (non-hydrogen) atoms. The molecule has 0 saturated carbocycles. The largest absolute Gasteiger partial charge is 0.497 e. The van der Waals surface area contributed by atoms with Crippen molar-refractivity contribution in [2.75, 3.05) is 14.2 Å². The highest BCUT2D eigenvalue weighted by Crippen LogP contribution is 2.22. The smallest absolute Gasteiger partial charge is 0.118 e. The molecular formula is C14H19N3O. The summed E-state index contributed by atoms with van der Waals surface area (Å²) in [5.74, 6) is 0.882. The summed E-state index contributed by atoms with van der Waals surface area (Å²) in [6, 6.07) is 8.42. The van der Waals surface area contributed by atoms with E-state index in [-0.39, 0.29) is 6.04 Å². The summed E-state index contributed by atoms with van der Waals surface area (Å²) in [6.45, 7) is 2.99. The molecule has 1 N–H and O–H groups in total. The Balaban J connectivity index is 2.23. The third kappa shape index (κ3) is 2.54. The number of aromatic nitrogens is 2. The molecule has 1 aromatic heterocycles. The molecule has 96 valence electrons. The van der Waals surface area contributed by atoms with Gasteiger partial charge in [-0.15, -0.1) is 0 Å². The molecule has 0 aliphatic rings. The highest BCUT2D eigenvalue weighted by Gasteiger charge is 2.11. The molecule has 0 fully saturated rings. The van der Waals surface area contributed by atoms with Crippen molar-refractivity contribution < 1.29 is 4.74 Å². The standard InChI is InChI=1S/C14H19N3O/c1-11(12-4-6-14(18-3)7-5-12)17-10-16-9-13(17)8-15-2/h4-7,9-11,15H,8H2,1-3H3. The zero-order chi connectivity index (χ0) is 13.0. The second-order valence-electron chi connectivity index (χ2n) is 4.27. The van der Waals surface area contributed by atoms with Crippen molar-refractivity contribution in [1.82, 2.24) is 14.9 Å². The molecule has 1 heterocycles. The summed E-state index contributed by atoms with van der Waals surface area (Å²) in [5.41, 5.74) is 2.42. The van der Waals surface area contributed by atoms with Gasteiger partial charge in [-0.2, -0.15) is 0 Å². The van der Waals surface area contributed by atoms with Gasteiger partial charge < -0.3 is 14.6 Å². The Bertz CT molecular complexity index is 490. The van der Waals surface area contributed by atoms with Crippen LogP contribution in [0.4, 0.5) is 0 Å². The monoisotopic (exact) mass is 245 g/mol. The number of rotatable bonds is 5. The number of nitrogens with zero attached hydrogens (tertiary/aromatic N) is 2. The second kappa shape index (κ2) is 5.69. The first-order chi connectivity index (χ1) is 8.76. The fraction of sp³-hybridized carbons (Fsp3) is 0.357. The van der Waals surface area contributed by atoms with Gasteiger partial charge in [-0.1, -0.05) is 12.1 Å². The van der Waals surface area contributed by atoms with Crippen LogP contribution in [-0.2, 0) is 6.54 Å². The van der Waals surface area contributed by atoms with Gasteiger partial charge in [0.1, 0.15) is 5.75 Å². The van der Waals surface area contributed by atoms with E-state index < -0.39 is 0 Å². The third-order valence-corrected chi connectivity index (χ3v) is 3.12. The molecular weight excluding hydrogens is 226 g/mol. The molecule has 0 saturated heterocycles. The van der Waals surface area contributed by atoms with Crippen molar-refractivity contribution in [3.63, 3.8) is 0 Å². The summed E-state index contributed by atoms with van der Waals surface area (Å²) in [5, 5.41) is 3.15. The fourth-order valence-electron chi connectivity index (χ4n) is 2.04. The van der Waals surface area contributed by atoms with E-state index in [0.29, 0.717) is 0 Å². The second-order valence-corrected chi connectivity index (χ2v) is 4.27. The number of hydrogen-bond donors (Lipinski definition) is 1. The lowest BCUT2D eigenvalue weighted by Gasteiger charge is -2.17. The van der Waals surface area contributed by atoms with Gasteiger partial charge in [-0.25, -0.2) is 4.98 Å². The molecule has 2 rings (SSSR count). The van der Waals surface area contributed by atoms with E-state index in [1.165, 1.54) is 11.3 Å². The van der Waals surface area contributed by atoms with Gasteiger partial charge in [-0.05, 0) is 31.7 Å². The number of imidazole rings is 1. The molecule has 4 heteroatoms. The molecule has 0 bridgehead atoms. The van der Waals surface area contributed by atoms with Crippen LogP contribution in [0.25, 0.3) is 0 Å². The Morgan fingerprint density at radius 3 is 2.67 bits per heavy atom. The van der Waals surface area contributed by atoms with E-state index in [1.54, 1.807) is 7.11 Å². The zero-order valence-corrected chi connectivity index (χ0v) is 11.1. The summed E-state index contributed by atoms with van der Waals surface area (Å²) < 4.78 is 7.35. The van der Waals surface area contributed by atoms with Crippen molar-refractivity contribution in [3.05, 3.63) is 48.0 Å². The van der Waals surface area contributed by atoms with E-state index in [0.717, 1.165) is 12.3 Å². The minimum atomic E-state index is 0.266. The molecule has 4 nitrogen and oxygen atoms in total. The molecule has 1 unspecified atom stereocenters. The summed E-state index contributed by atoms with van der Waals surface area (Å²) in [7, 11) is 3.62. The molecule has 1 atom stereocenters. The first-order valence-corrected chi connectivity index (χ1v) is 6.05. The van der Waals surface area contributed by atoms with Crippen molar-refractivity contribution in [2.45, 2.75) is 19.5 Å². The van der Waals surface area contributed by atoms with Crippen LogP contribution in [0.5, 0.6) is 5.75 Å². The van der Waals surface area contributed by atoms with Crippen LogP contribution in [0.1, 0.15) is 24.2 Å². The van der Waals surface area contributed by atoms with Crippen molar-refractivity contribution in [3.8, 4) is 5.75 Å². The van der Waals surface area contributed by atoms with E-state index in [4.69, 9.17) is 4.74 Å².